The van der Waals surface area contributed by atoms with Crippen LogP contribution in [-0.4, -0.2) is 55.7 Å². The molecule has 0 fully saturated rings. The number of hydrogen-bond donors (Lipinski definition) is 1. The second-order valence-electron chi connectivity index (χ2n) is 7.02. The lowest BCUT2D eigenvalue weighted by molar-refractivity contribution is -0.130. The molecule has 0 aliphatic carbocycles. The maximum absolute atomic E-state index is 12.9. The lowest BCUT2D eigenvalue weighted by atomic mass is 9.92. The second kappa shape index (κ2) is 9.59. The zero-order chi connectivity index (χ0) is 20.8. The highest BCUT2D eigenvalue weighted by atomic mass is 16.5. The molecule has 2 rings (SSSR count). The number of aliphatic hydroxyl groups excluding tert-OH is 1. The van der Waals surface area contributed by atoms with Gasteiger partial charge >= 0.3 is 0 Å². The molecule has 7 nitrogen and oxygen atoms in total. The quantitative estimate of drug-likeness (QED) is 0.660. The van der Waals surface area contributed by atoms with Gasteiger partial charge in [-0.2, -0.15) is 0 Å². The normalized spacial score (nSPS) is 16.9. The van der Waals surface area contributed by atoms with Crippen molar-refractivity contribution in [1.82, 2.24) is 4.90 Å². The van der Waals surface area contributed by atoms with Gasteiger partial charge in [-0.1, -0.05) is 19.9 Å². The van der Waals surface area contributed by atoms with Gasteiger partial charge in [-0.15, -0.1) is 0 Å². The van der Waals surface area contributed by atoms with Crippen molar-refractivity contribution in [2.24, 2.45) is 5.92 Å². The Hall–Kier alpha value is -2.54. The number of Topliss-reactive ketones (excluding diaryl/α,β-unsaturated/α-hetero) is 1. The van der Waals surface area contributed by atoms with Crippen molar-refractivity contribution in [2.75, 3.05) is 34.0 Å². The summed E-state index contributed by atoms with van der Waals surface area (Å²) in [5.74, 6) is -0.111. The Morgan fingerprint density at radius 2 is 1.96 bits per heavy atom. The van der Waals surface area contributed by atoms with E-state index < -0.39 is 17.7 Å². The minimum Gasteiger partial charge on any atom is -0.503 e. The summed E-state index contributed by atoms with van der Waals surface area (Å²) in [5.41, 5.74) is 0.798. The van der Waals surface area contributed by atoms with E-state index >= 15 is 0 Å². The van der Waals surface area contributed by atoms with E-state index in [9.17, 15) is 14.7 Å². The molecule has 0 spiro atoms. The summed E-state index contributed by atoms with van der Waals surface area (Å²) < 4.78 is 16.1. The average Bonchev–Trinajstić information content (AvgIpc) is 2.90. The fourth-order valence-electron chi connectivity index (χ4n) is 3.32. The summed E-state index contributed by atoms with van der Waals surface area (Å²) >= 11 is 0. The van der Waals surface area contributed by atoms with Gasteiger partial charge in [0.15, 0.2) is 23.0 Å². The first-order chi connectivity index (χ1) is 13.3. The van der Waals surface area contributed by atoms with E-state index in [0.29, 0.717) is 23.7 Å². The van der Waals surface area contributed by atoms with Crippen LogP contribution in [0.25, 0.3) is 0 Å². The first-order valence-corrected chi connectivity index (χ1v) is 9.42. The van der Waals surface area contributed by atoms with E-state index in [1.165, 1.54) is 12.0 Å². The fourth-order valence-corrected chi connectivity index (χ4v) is 3.32. The van der Waals surface area contributed by atoms with Gasteiger partial charge in [0.25, 0.3) is 5.91 Å². The van der Waals surface area contributed by atoms with Crippen LogP contribution in [0.15, 0.2) is 29.5 Å². The summed E-state index contributed by atoms with van der Waals surface area (Å²) in [4.78, 5) is 27.0. The number of benzene rings is 1. The second-order valence-corrected chi connectivity index (χ2v) is 7.02. The number of carbonyl (C=O) groups is 2. The van der Waals surface area contributed by atoms with Gasteiger partial charge in [-0.3, -0.25) is 9.59 Å². The van der Waals surface area contributed by atoms with Crippen LogP contribution >= 0.6 is 0 Å². The molecule has 1 unspecified atom stereocenters. The highest BCUT2D eigenvalue weighted by Gasteiger charge is 2.43. The summed E-state index contributed by atoms with van der Waals surface area (Å²) in [5, 5.41) is 10.5. The molecular formula is C21H29NO6. The van der Waals surface area contributed by atoms with Gasteiger partial charge in [-0.25, -0.2) is 0 Å². The van der Waals surface area contributed by atoms with Crippen LogP contribution in [0.4, 0.5) is 0 Å². The molecule has 1 atom stereocenters. The number of carbonyl (C=O) groups excluding carboxylic acids is 2. The Balaban J connectivity index is 2.54. The molecule has 1 aromatic carbocycles. The van der Waals surface area contributed by atoms with E-state index in [0.717, 1.165) is 0 Å². The predicted octanol–water partition coefficient (Wildman–Crippen LogP) is 3.05. The molecule has 7 heteroatoms. The van der Waals surface area contributed by atoms with E-state index in [1.54, 1.807) is 25.3 Å². The Bertz CT molecular complexity index is 755. The van der Waals surface area contributed by atoms with Crippen LogP contribution in [0, 0.1) is 5.92 Å². The summed E-state index contributed by atoms with van der Waals surface area (Å²) in [6.45, 7) is 6.68. The number of rotatable bonds is 10. The molecule has 1 N–H and O–H groups in total. The van der Waals surface area contributed by atoms with Gasteiger partial charge in [0.2, 0.25) is 0 Å². The predicted molar refractivity (Wildman–Crippen MR) is 105 cm³/mol. The van der Waals surface area contributed by atoms with Crippen molar-refractivity contribution in [2.45, 2.75) is 33.2 Å². The first kappa shape index (κ1) is 21.8. The van der Waals surface area contributed by atoms with E-state index in [-0.39, 0.29) is 36.8 Å². The van der Waals surface area contributed by atoms with Crippen LogP contribution in [0.5, 0.6) is 11.5 Å². The van der Waals surface area contributed by atoms with Crippen molar-refractivity contribution in [3.63, 3.8) is 0 Å². The highest BCUT2D eigenvalue weighted by Crippen LogP contribution is 2.41. The van der Waals surface area contributed by atoms with Crippen LogP contribution in [0.2, 0.25) is 0 Å². The van der Waals surface area contributed by atoms with Gasteiger partial charge < -0.3 is 24.2 Å². The summed E-state index contributed by atoms with van der Waals surface area (Å²) in [6, 6.07) is 4.57. The van der Waals surface area contributed by atoms with Crippen LogP contribution < -0.4 is 9.47 Å². The lowest BCUT2D eigenvalue weighted by Gasteiger charge is -2.27. The third kappa shape index (κ3) is 4.47. The van der Waals surface area contributed by atoms with Crippen LogP contribution in [-0.2, 0) is 14.3 Å². The number of aliphatic hydroxyl groups is 1. The Kier molecular flexibility index (Phi) is 7.45. The standard InChI is InChI=1S/C21H29NO6/c1-6-28-17-12-14(7-8-16(17)27-5)19-18(15(23)11-13(2)3)20(24)21(25)22(19)9-10-26-4/h7-8,12-13,19,24H,6,9-11H2,1-5H3. The smallest absolute Gasteiger partial charge is 0.290 e. The number of nitrogens with zero attached hydrogens (tertiary/aromatic N) is 1. The van der Waals surface area contributed by atoms with Crippen LogP contribution in [0.1, 0.15) is 38.8 Å². The number of ether oxygens (including phenoxy) is 3. The van der Waals surface area contributed by atoms with Gasteiger partial charge in [-0.05, 0) is 30.5 Å². The van der Waals surface area contributed by atoms with Crippen molar-refractivity contribution >= 4 is 11.7 Å². The number of ketones is 1. The topological polar surface area (TPSA) is 85.3 Å². The van der Waals surface area contributed by atoms with E-state index in [2.05, 4.69) is 0 Å². The van der Waals surface area contributed by atoms with E-state index in [1.807, 2.05) is 20.8 Å². The monoisotopic (exact) mass is 391 g/mol. The van der Waals surface area contributed by atoms with E-state index in [4.69, 9.17) is 14.2 Å². The Morgan fingerprint density at radius 3 is 2.54 bits per heavy atom. The third-order valence-corrected chi connectivity index (χ3v) is 4.54. The molecule has 0 bridgehead atoms. The van der Waals surface area contributed by atoms with Gasteiger partial charge in [0.1, 0.15) is 0 Å². The highest BCUT2D eigenvalue weighted by molar-refractivity contribution is 6.09. The maximum Gasteiger partial charge on any atom is 0.290 e. The fraction of sp³-hybridized carbons (Fsp3) is 0.524. The van der Waals surface area contributed by atoms with Crippen molar-refractivity contribution in [1.29, 1.82) is 0 Å². The first-order valence-electron chi connectivity index (χ1n) is 9.42. The minimum atomic E-state index is -0.695. The largest absolute Gasteiger partial charge is 0.503 e. The Labute approximate surface area is 165 Å². The van der Waals surface area contributed by atoms with Crippen molar-refractivity contribution in [3.8, 4) is 11.5 Å². The SMILES string of the molecule is CCOc1cc(C2C(C(=O)CC(C)C)=C(O)C(=O)N2CCOC)ccc1OC. The minimum absolute atomic E-state index is 0.103. The molecule has 1 aliphatic rings. The van der Waals surface area contributed by atoms with Gasteiger partial charge in [0, 0.05) is 20.1 Å². The maximum atomic E-state index is 12.9. The number of methoxy groups -OCH3 is 2. The molecule has 0 saturated heterocycles. The molecule has 0 radical (unpaired) electrons. The molecule has 0 aromatic heterocycles. The van der Waals surface area contributed by atoms with Crippen LogP contribution in [0.3, 0.4) is 0 Å². The molecular weight excluding hydrogens is 362 g/mol. The zero-order valence-electron chi connectivity index (χ0n) is 17.2. The molecule has 1 amide bonds. The third-order valence-electron chi connectivity index (χ3n) is 4.54. The molecule has 0 saturated carbocycles. The van der Waals surface area contributed by atoms with Gasteiger partial charge in [0.05, 0.1) is 31.9 Å². The average molecular weight is 391 g/mol. The van der Waals surface area contributed by atoms with Crippen molar-refractivity contribution < 1.29 is 28.9 Å². The summed E-state index contributed by atoms with van der Waals surface area (Å²) in [7, 11) is 3.08. The van der Waals surface area contributed by atoms with Crippen molar-refractivity contribution in [3.05, 3.63) is 35.1 Å². The lowest BCUT2D eigenvalue weighted by Crippen LogP contribution is -2.34. The molecule has 154 valence electrons. The molecule has 1 heterocycles. The molecule has 1 aliphatic heterocycles. The Morgan fingerprint density at radius 1 is 1.25 bits per heavy atom. The molecule has 1 aromatic rings. The summed E-state index contributed by atoms with van der Waals surface area (Å²) in [6.07, 6.45) is 0.246. The molecule has 28 heavy (non-hydrogen) atoms. The number of amides is 1. The number of hydrogen-bond acceptors (Lipinski definition) is 6. The zero-order valence-corrected chi connectivity index (χ0v) is 17.2.